The minimum atomic E-state index is 0. The first kappa shape index (κ1) is 15.5. The van der Waals surface area contributed by atoms with Crippen LogP contribution in [-0.4, -0.2) is 40.4 Å². The Hall–Kier alpha value is -0.580. The lowest BCUT2D eigenvalue weighted by molar-refractivity contribution is 0.155. The molecule has 2 unspecified atom stereocenters. The van der Waals surface area contributed by atoms with Gasteiger partial charge in [0.2, 0.25) is 0 Å². The summed E-state index contributed by atoms with van der Waals surface area (Å²) in [6.45, 7) is 8.65. The maximum Gasteiger partial charge on any atom is 0.0536 e. The molecule has 1 aliphatic heterocycles. The van der Waals surface area contributed by atoms with Crippen LogP contribution in [0.1, 0.15) is 25.3 Å². The summed E-state index contributed by atoms with van der Waals surface area (Å²) in [7, 11) is 0. The summed E-state index contributed by atoms with van der Waals surface area (Å²) in [6.07, 6.45) is 6.59. The minimum Gasteiger partial charge on any atom is -0.328 e. The van der Waals surface area contributed by atoms with E-state index in [2.05, 4.69) is 30.0 Å². The van der Waals surface area contributed by atoms with Gasteiger partial charge in [0.15, 0.2) is 0 Å². The van der Waals surface area contributed by atoms with Gasteiger partial charge in [-0.05, 0) is 44.7 Å². The smallest absolute Gasteiger partial charge is 0.0536 e. The molecule has 1 fully saturated rings. The lowest BCUT2D eigenvalue weighted by atomic mass is 9.92. The standard InChI is InChI=1S/C13H24N4.ClH/c1-11-8-15-17(9-11)7-6-16-5-3-4-13(10-16)12(2)14;/h8-9,12-13H,3-7,10,14H2,1-2H3;1H. The van der Waals surface area contributed by atoms with Crippen molar-refractivity contribution in [1.82, 2.24) is 14.7 Å². The molecular weight excluding hydrogens is 248 g/mol. The molecule has 2 heterocycles. The Morgan fingerprint density at radius 1 is 1.50 bits per heavy atom. The molecule has 4 nitrogen and oxygen atoms in total. The Kier molecular flexibility index (Phi) is 6.12. The van der Waals surface area contributed by atoms with E-state index in [-0.39, 0.29) is 12.4 Å². The van der Waals surface area contributed by atoms with Gasteiger partial charge in [0, 0.05) is 25.3 Å². The van der Waals surface area contributed by atoms with E-state index < -0.39 is 0 Å². The van der Waals surface area contributed by atoms with Gasteiger partial charge in [0.25, 0.3) is 0 Å². The van der Waals surface area contributed by atoms with Crippen molar-refractivity contribution in [2.45, 2.75) is 39.3 Å². The highest BCUT2D eigenvalue weighted by Crippen LogP contribution is 2.18. The zero-order chi connectivity index (χ0) is 12.3. The van der Waals surface area contributed by atoms with Gasteiger partial charge >= 0.3 is 0 Å². The second kappa shape index (κ2) is 7.12. The summed E-state index contributed by atoms with van der Waals surface area (Å²) < 4.78 is 2.03. The Morgan fingerprint density at radius 2 is 2.28 bits per heavy atom. The zero-order valence-corrected chi connectivity index (χ0v) is 12.2. The second-order valence-corrected chi connectivity index (χ2v) is 5.34. The third kappa shape index (κ3) is 4.26. The normalized spacial score (nSPS) is 22.5. The molecular formula is C13H25ClN4. The van der Waals surface area contributed by atoms with Crippen molar-refractivity contribution < 1.29 is 0 Å². The Balaban J connectivity index is 0.00000162. The number of likely N-dealkylation sites (tertiary alicyclic amines) is 1. The Morgan fingerprint density at radius 3 is 2.89 bits per heavy atom. The molecule has 2 N–H and O–H groups in total. The van der Waals surface area contributed by atoms with Crippen molar-refractivity contribution in [1.29, 1.82) is 0 Å². The van der Waals surface area contributed by atoms with Gasteiger partial charge in [-0.15, -0.1) is 12.4 Å². The van der Waals surface area contributed by atoms with Gasteiger partial charge < -0.3 is 10.6 Å². The number of hydrogen-bond acceptors (Lipinski definition) is 3. The third-order valence-corrected chi connectivity index (χ3v) is 3.69. The van der Waals surface area contributed by atoms with Crippen LogP contribution < -0.4 is 5.73 Å². The number of aryl methyl sites for hydroxylation is 1. The number of rotatable bonds is 4. The first-order valence-corrected chi connectivity index (χ1v) is 6.62. The number of nitrogens with two attached hydrogens (primary N) is 1. The number of hydrogen-bond donors (Lipinski definition) is 1. The van der Waals surface area contributed by atoms with Gasteiger partial charge in [-0.2, -0.15) is 5.10 Å². The molecule has 2 rings (SSSR count). The van der Waals surface area contributed by atoms with Crippen LogP contribution >= 0.6 is 12.4 Å². The van der Waals surface area contributed by atoms with E-state index in [1.807, 2.05) is 10.9 Å². The Bertz CT molecular complexity index is 351. The van der Waals surface area contributed by atoms with Crippen molar-refractivity contribution >= 4 is 12.4 Å². The van der Waals surface area contributed by atoms with Gasteiger partial charge in [0.1, 0.15) is 0 Å². The molecule has 0 radical (unpaired) electrons. The number of piperidine rings is 1. The average molecular weight is 273 g/mol. The molecule has 104 valence electrons. The van der Waals surface area contributed by atoms with Crippen LogP contribution in [0.2, 0.25) is 0 Å². The highest BCUT2D eigenvalue weighted by Gasteiger charge is 2.22. The molecule has 0 spiro atoms. The van der Waals surface area contributed by atoms with Crippen LogP contribution in [0.5, 0.6) is 0 Å². The van der Waals surface area contributed by atoms with E-state index in [1.165, 1.54) is 24.9 Å². The van der Waals surface area contributed by atoms with Gasteiger partial charge in [-0.1, -0.05) is 0 Å². The molecule has 0 aromatic carbocycles. The predicted molar refractivity (Wildman–Crippen MR) is 77.0 cm³/mol. The Labute approximate surface area is 116 Å². The van der Waals surface area contributed by atoms with Gasteiger partial charge in [0.05, 0.1) is 12.7 Å². The summed E-state index contributed by atoms with van der Waals surface area (Å²) >= 11 is 0. The molecule has 1 aromatic heterocycles. The summed E-state index contributed by atoms with van der Waals surface area (Å²) in [5.74, 6) is 0.670. The monoisotopic (exact) mass is 272 g/mol. The van der Waals surface area contributed by atoms with E-state index in [1.54, 1.807) is 0 Å². The van der Waals surface area contributed by atoms with Crippen molar-refractivity contribution in [2.75, 3.05) is 19.6 Å². The fourth-order valence-corrected chi connectivity index (χ4v) is 2.56. The van der Waals surface area contributed by atoms with Crippen molar-refractivity contribution in [3.8, 4) is 0 Å². The first-order chi connectivity index (χ1) is 8.15. The molecule has 0 aliphatic carbocycles. The van der Waals surface area contributed by atoms with E-state index in [0.717, 1.165) is 19.6 Å². The molecule has 5 heteroatoms. The predicted octanol–water partition coefficient (Wildman–Crippen LogP) is 1.67. The molecule has 1 aliphatic rings. The summed E-state index contributed by atoms with van der Waals surface area (Å²) in [4.78, 5) is 2.52. The van der Waals surface area contributed by atoms with E-state index in [4.69, 9.17) is 5.73 Å². The van der Waals surface area contributed by atoms with E-state index in [0.29, 0.717) is 12.0 Å². The van der Waals surface area contributed by atoms with E-state index in [9.17, 15) is 0 Å². The van der Waals surface area contributed by atoms with Crippen LogP contribution in [0.25, 0.3) is 0 Å². The van der Waals surface area contributed by atoms with Gasteiger partial charge in [-0.3, -0.25) is 4.68 Å². The molecule has 1 saturated heterocycles. The summed E-state index contributed by atoms with van der Waals surface area (Å²) in [5.41, 5.74) is 7.23. The number of aromatic nitrogens is 2. The van der Waals surface area contributed by atoms with Crippen LogP contribution in [0.3, 0.4) is 0 Å². The molecule has 1 aromatic rings. The summed E-state index contributed by atoms with van der Waals surface area (Å²) in [6, 6.07) is 0.324. The average Bonchev–Trinajstić information content (AvgIpc) is 2.73. The lowest BCUT2D eigenvalue weighted by Gasteiger charge is -2.34. The largest absolute Gasteiger partial charge is 0.328 e. The quantitative estimate of drug-likeness (QED) is 0.907. The number of nitrogens with zero attached hydrogens (tertiary/aromatic N) is 3. The molecule has 0 saturated carbocycles. The van der Waals surface area contributed by atoms with Crippen LogP contribution in [-0.2, 0) is 6.54 Å². The second-order valence-electron chi connectivity index (χ2n) is 5.34. The van der Waals surface area contributed by atoms with Crippen molar-refractivity contribution in [3.05, 3.63) is 18.0 Å². The van der Waals surface area contributed by atoms with Crippen molar-refractivity contribution in [3.63, 3.8) is 0 Å². The zero-order valence-electron chi connectivity index (χ0n) is 11.4. The maximum atomic E-state index is 6.00. The van der Waals surface area contributed by atoms with Crippen LogP contribution in [0, 0.1) is 12.8 Å². The third-order valence-electron chi connectivity index (χ3n) is 3.69. The number of halogens is 1. The maximum absolute atomic E-state index is 6.00. The van der Waals surface area contributed by atoms with E-state index >= 15 is 0 Å². The van der Waals surface area contributed by atoms with Gasteiger partial charge in [-0.25, -0.2) is 0 Å². The van der Waals surface area contributed by atoms with Crippen molar-refractivity contribution in [2.24, 2.45) is 11.7 Å². The SMILES string of the molecule is Cc1cnn(CCN2CCCC(C(C)N)C2)c1.Cl. The molecule has 0 bridgehead atoms. The highest BCUT2D eigenvalue weighted by molar-refractivity contribution is 5.85. The topological polar surface area (TPSA) is 47.1 Å². The molecule has 18 heavy (non-hydrogen) atoms. The van der Waals surface area contributed by atoms with Crippen LogP contribution in [0.4, 0.5) is 0 Å². The molecule has 2 atom stereocenters. The fourth-order valence-electron chi connectivity index (χ4n) is 2.56. The minimum absolute atomic E-state index is 0. The highest BCUT2D eigenvalue weighted by atomic mass is 35.5. The lowest BCUT2D eigenvalue weighted by Crippen LogP contribution is -2.43. The molecule has 0 amide bonds. The fraction of sp³-hybridized carbons (Fsp3) is 0.769. The first-order valence-electron chi connectivity index (χ1n) is 6.62. The summed E-state index contributed by atoms with van der Waals surface area (Å²) in [5, 5.41) is 4.32. The van der Waals surface area contributed by atoms with Crippen LogP contribution in [0.15, 0.2) is 12.4 Å².